The lowest BCUT2D eigenvalue weighted by Crippen LogP contribution is -2.41. The van der Waals surface area contributed by atoms with E-state index in [2.05, 4.69) is 5.32 Å². The van der Waals surface area contributed by atoms with Crippen molar-refractivity contribution in [2.75, 3.05) is 26.7 Å². The van der Waals surface area contributed by atoms with Crippen LogP contribution in [0, 0.1) is 0 Å². The van der Waals surface area contributed by atoms with E-state index >= 15 is 0 Å². The smallest absolute Gasteiger partial charge is 0.324 e. The molecule has 1 aromatic carbocycles. The Bertz CT molecular complexity index is 676. The predicted octanol–water partition coefficient (Wildman–Crippen LogP) is 1.98. The molecular formula is C16H19N3O3. The largest absolute Gasteiger partial charge is 0.459 e. The molecule has 1 N–H and O–H groups in total. The van der Waals surface area contributed by atoms with Gasteiger partial charge in [-0.05, 0) is 26.1 Å². The number of furan rings is 1. The van der Waals surface area contributed by atoms with E-state index in [-0.39, 0.29) is 24.5 Å². The molecule has 2 aromatic rings. The van der Waals surface area contributed by atoms with Crippen LogP contribution < -0.4 is 5.32 Å². The molecule has 0 aliphatic carbocycles. The summed E-state index contributed by atoms with van der Waals surface area (Å²) in [5, 5.41) is 3.68. The molecule has 0 saturated carbocycles. The van der Waals surface area contributed by atoms with Gasteiger partial charge in [0.25, 0.3) is 0 Å². The quantitative estimate of drug-likeness (QED) is 0.937. The number of nitrogens with zero attached hydrogens (tertiary/aromatic N) is 2. The van der Waals surface area contributed by atoms with Crippen molar-refractivity contribution in [3.63, 3.8) is 0 Å². The molecule has 0 unspecified atom stereocenters. The summed E-state index contributed by atoms with van der Waals surface area (Å²) >= 11 is 0. The number of hydrogen-bond acceptors (Lipinski definition) is 4. The zero-order chi connectivity index (χ0) is 15.7. The van der Waals surface area contributed by atoms with Crippen molar-refractivity contribution in [2.24, 2.45) is 0 Å². The SMILES string of the molecule is C[C@@H](c1cc2ccccc2o1)N(C)CC(=O)N1CCNC1=O. The second-order valence-electron chi connectivity index (χ2n) is 5.55. The molecule has 1 saturated heterocycles. The molecule has 1 aromatic heterocycles. The number of para-hydroxylation sites is 1. The van der Waals surface area contributed by atoms with Crippen LogP contribution >= 0.6 is 0 Å². The molecule has 6 heteroatoms. The summed E-state index contributed by atoms with van der Waals surface area (Å²) in [6.07, 6.45) is 0. The molecule has 1 atom stereocenters. The van der Waals surface area contributed by atoms with Crippen LogP contribution in [0.5, 0.6) is 0 Å². The number of carbonyl (C=O) groups excluding carboxylic acids is 2. The molecule has 0 bridgehead atoms. The number of benzene rings is 1. The van der Waals surface area contributed by atoms with Gasteiger partial charge in [-0.15, -0.1) is 0 Å². The Morgan fingerprint density at radius 2 is 2.23 bits per heavy atom. The zero-order valence-electron chi connectivity index (χ0n) is 12.7. The molecule has 3 rings (SSSR count). The molecule has 2 heterocycles. The summed E-state index contributed by atoms with van der Waals surface area (Å²) in [7, 11) is 1.85. The van der Waals surface area contributed by atoms with Gasteiger partial charge in [0.15, 0.2) is 0 Å². The minimum atomic E-state index is -0.310. The number of likely N-dealkylation sites (N-methyl/N-ethyl adjacent to an activating group) is 1. The number of rotatable bonds is 4. The van der Waals surface area contributed by atoms with Gasteiger partial charge in [0, 0.05) is 18.5 Å². The fourth-order valence-electron chi connectivity index (χ4n) is 2.57. The summed E-state index contributed by atoms with van der Waals surface area (Å²) in [6, 6.07) is 9.44. The first-order valence-corrected chi connectivity index (χ1v) is 7.33. The number of fused-ring (bicyclic) bond motifs is 1. The fraction of sp³-hybridized carbons (Fsp3) is 0.375. The van der Waals surface area contributed by atoms with E-state index in [1.165, 1.54) is 4.90 Å². The van der Waals surface area contributed by atoms with Crippen LogP contribution in [0.1, 0.15) is 18.7 Å². The first-order chi connectivity index (χ1) is 10.6. The Morgan fingerprint density at radius 3 is 2.91 bits per heavy atom. The highest BCUT2D eigenvalue weighted by Crippen LogP contribution is 2.26. The summed E-state index contributed by atoms with van der Waals surface area (Å²) in [6.45, 7) is 3.11. The van der Waals surface area contributed by atoms with Crippen molar-refractivity contribution >= 4 is 22.9 Å². The zero-order valence-corrected chi connectivity index (χ0v) is 12.7. The number of nitrogens with one attached hydrogen (secondary N) is 1. The van der Waals surface area contributed by atoms with E-state index in [0.29, 0.717) is 13.1 Å². The second-order valence-corrected chi connectivity index (χ2v) is 5.55. The summed E-state index contributed by atoms with van der Waals surface area (Å²) in [5.41, 5.74) is 0.836. The molecule has 3 amide bonds. The highest BCUT2D eigenvalue weighted by atomic mass is 16.3. The van der Waals surface area contributed by atoms with Crippen LogP contribution in [-0.2, 0) is 4.79 Å². The lowest BCUT2D eigenvalue weighted by atomic mass is 10.2. The second kappa shape index (κ2) is 5.81. The van der Waals surface area contributed by atoms with Gasteiger partial charge in [-0.1, -0.05) is 18.2 Å². The average Bonchev–Trinajstić information content (AvgIpc) is 3.11. The van der Waals surface area contributed by atoms with Gasteiger partial charge in [0.05, 0.1) is 12.6 Å². The minimum absolute atomic E-state index is 0.0537. The van der Waals surface area contributed by atoms with Crippen LogP contribution in [0.15, 0.2) is 34.7 Å². The summed E-state index contributed by atoms with van der Waals surface area (Å²) in [4.78, 5) is 26.8. The van der Waals surface area contributed by atoms with E-state index in [1.807, 2.05) is 49.2 Å². The number of carbonyl (C=O) groups is 2. The van der Waals surface area contributed by atoms with Crippen molar-refractivity contribution in [3.8, 4) is 0 Å². The van der Waals surface area contributed by atoms with Gasteiger partial charge in [0.2, 0.25) is 5.91 Å². The molecule has 0 spiro atoms. The van der Waals surface area contributed by atoms with E-state index < -0.39 is 0 Å². The Hall–Kier alpha value is -2.34. The van der Waals surface area contributed by atoms with Gasteiger partial charge in [-0.25, -0.2) is 4.79 Å². The van der Waals surface area contributed by atoms with Crippen LogP contribution in [0.25, 0.3) is 11.0 Å². The van der Waals surface area contributed by atoms with Gasteiger partial charge in [-0.3, -0.25) is 14.6 Å². The summed E-state index contributed by atoms with van der Waals surface area (Å²) < 4.78 is 5.83. The van der Waals surface area contributed by atoms with Crippen molar-refractivity contribution in [3.05, 3.63) is 36.1 Å². The van der Waals surface area contributed by atoms with E-state index in [4.69, 9.17) is 4.42 Å². The first-order valence-electron chi connectivity index (χ1n) is 7.33. The highest BCUT2D eigenvalue weighted by molar-refractivity contribution is 5.96. The first kappa shape index (κ1) is 14.6. The number of amides is 3. The third kappa shape index (κ3) is 2.69. The van der Waals surface area contributed by atoms with Gasteiger partial charge < -0.3 is 9.73 Å². The molecule has 1 aliphatic heterocycles. The standard InChI is InChI=1S/C16H19N3O3/c1-11(14-9-12-5-3-4-6-13(12)22-14)18(2)10-15(20)19-8-7-17-16(19)21/h3-6,9,11H,7-8,10H2,1-2H3,(H,17,21)/t11-/m0/s1. The number of imide groups is 1. The lowest BCUT2D eigenvalue weighted by molar-refractivity contribution is -0.129. The highest BCUT2D eigenvalue weighted by Gasteiger charge is 2.28. The average molecular weight is 301 g/mol. The van der Waals surface area contributed by atoms with E-state index in [1.54, 1.807) is 0 Å². The number of urea groups is 1. The van der Waals surface area contributed by atoms with Gasteiger partial charge >= 0.3 is 6.03 Å². The van der Waals surface area contributed by atoms with Crippen molar-refractivity contribution in [1.82, 2.24) is 15.1 Å². The van der Waals surface area contributed by atoms with E-state index in [9.17, 15) is 9.59 Å². The van der Waals surface area contributed by atoms with Gasteiger partial charge in [-0.2, -0.15) is 0 Å². The van der Waals surface area contributed by atoms with Crippen LogP contribution in [0.2, 0.25) is 0 Å². The normalized spacial score (nSPS) is 16.3. The van der Waals surface area contributed by atoms with E-state index in [0.717, 1.165) is 16.7 Å². The molecule has 6 nitrogen and oxygen atoms in total. The molecule has 0 radical (unpaired) electrons. The Labute approximate surface area is 128 Å². The minimum Gasteiger partial charge on any atom is -0.459 e. The number of hydrogen-bond donors (Lipinski definition) is 1. The van der Waals surface area contributed by atoms with Crippen LogP contribution in [-0.4, -0.2) is 48.4 Å². The van der Waals surface area contributed by atoms with Crippen molar-refractivity contribution in [2.45, 2.75) is 13.0 Å². The molecular weight excluding hydrogens is 282 g/mol. The van der Waals surface area contributed by atoms with Crippen molar-refractivity contribution < 1.29 is 14.0 Å². The monoisotopic (exact) mass is 301 g/mol. The predicted molar refractivity (Wildman–Crippen MR) is 82.4 cm³/mol. The third-order valence-electron chi connectivity index (χ3n) is 4.06. The Morgan fingerprint density at radius 1 is 1.45 bits per heavy atom. The maximum Gasteiger partial charge on any atom is 0.324 e. The molecule has 116 valence electrons. The van der Waals surface area contributed by atoms with Crippen LogP contribution in [0.3, 0.4) is 0 Å². The van der Waals surface area contributed by atoms with Crippen LogP contribution in [0.4, 0.5) is 4.79 Å². The summed E-state index contributed by atoms with van der Waals surface area (Å²) in [5.74, 6) is 0.614. The molecule has 1 fully saturated rings. The Balaban J connectivity index is 1.69. The lowest BCUT2D eigenvalue weighted by Gasteiger charge is -2.24. The maximum absolute atomic E-state index is 12.2. The Kier molecular flexibility index (Phi) is 3.85. The topological polar surface area (TPSA) is 65.8 Å². The van der Waals surface area contributed by atoms with Crippen molar-refractivity contribution in [1.29, 1.82) is 0 Å². The third-order valence-corrected chi connectivity index (χ3v) is 4.06. The fourth-order valence-corrected chi connectivity index (χ4v) is 2.57. The maximum atomic E-state index is 12.2. The molecule has 22 heavy (non-hydrogen) atoms. The van der Waals surface area contributed by atoms with Gasteiger partial charge in [0.1, 0.15) is 11.3 Å². The molecule has 1 aliphatic rings.